The molecule has 0 saturated heterocycles. The Morgan fingerprint density at radius 2 is 1.78 bits per heavy atom. The number of carbonyl (C=O) groups is 2. The van der Waals surface area contributed by atoms with E-state index in [1.807, 2.05) is 38.1 Å². The number of methoxy groups -OCH3 is 1. The van der Waals surface area contributed by atoms with Crippen LogP contribution < -0.4 is 15.4 Å². The van der Waals surface area contributed by atoms with Gasteiger partial charge in [-0.1, -0.05) is 18.2 Å². The van der Waals surface area contributed by atoms with Crippen molar-refractivity contribution < 1.29 is 18.7 Å². The monoisotopic (exact) mass is 366 g/mol. The summed E-state index contributed by atoms with van der Waals surface area (Å²) in [6, 6.07) is 11.1. The van der Waals surface area contributed by atoms with E-state index in [2.05, 4.69) is 10.6 Å². The van der Waals surface area contributed by atoms with Gasteiger partial charge in [0.05, 0.1) is 13.7 Å². The highest BCUT2D eigenvalue weighted by Gasteiger charge is 2.19. The summed E-state index contributed by atoms with van der Waals surface area (Å²) in [5.41, 5.74) is 4.01. The van der Waals surface area contributed by atoms with Gasteiger partial charge in [-0.2, -0.15) is 0 Å². The lowest BCUT2D eigenvalue weighted by Crippen LogP contribution is -2.33. The van der Waals surface area contributed by atoms with Gasteiger partial charge in [-0.15, -0.1) is 0 Å². The lowest BCUT2D eigenvalue weighted by Gasteiger charge is -2.11. The van der Waals surface area contributed by atoms with Crippen molar-refractivity contribution in [3.63, 3.8) is 0 Å². The molecular weight excluding hydrogens is 344 g/mol. The third-order valence-corrected chi connectivity index (χ3v) is 4.50. The van der Waals surface area contributed by atoms with Crippen molar-refractivity contribution in [2.75, 3.05) is 19.0 Å². The van der Waals surface area contributed by atoms with E-state index in [4.69, 9.17) is 9.15 Å². The summed E-state index contributed by atoms with van der Waals surface area (Å²) in [5.74, 6) is 0.153. The van der Waals surface area contributed by atoms with E-state index in [-0.39, 0.29) is 18.2 Å². The van der Waals surface area contributed by atoms with E-state index in [9.17, 15) is 9.59 Å². The van der Waals surface area contributed by atoms with Crippen molar-refractivity contribution >= 4 is 28.5 Å². The molecule has 27 heavy (non-hydrogen) atoms. The molecule has 2 aromatic carbocycles. The Bertz CT molecular complexity index is 1000. The molecule has 0 radical (unpaired) electrons. The third kappa shape index (κ3) is 3.79. The smallest absolute Gasteiger partial charge is 0.287 e. The predicted octanol–water partition coefficient (Wildman–Crippen LogP) is 3.74. The zero-order valence-corrected chi connectivity index (χ0v) is 15.8. The molecule has 3 rings (SSSR count). The number of anilines is 1. The van der Waals surface area contributed by atoms with Gasteiger partial charge < -0.3 is 19.8 Å². The van der Waals surface area contributed by atoms with E-state index >= 15 is 0 Å². The standard InChI is InChI=1S/C21H22N2O4/c1-12-6-5-7-13(2)19(12)23-18(24)11-22-21(25)20-14(3)16-10-15(26-4)8-9-17(16)27-20/h5-10H,11H2,1-4H3,(H,22,25)(H,23,24). The molecule has 0 unspecified atom stereocenters. The Morgan fingerprint density at radius 1 is 1.07 bits per heavy atom. The number of para-hydroxylation sites is 1. The lowest BCUT2D eigenvalue weighted by molar-refractivity contribution is -0.115. The first kappa shape index (κ1) is 18.5. The van der Waals surface area contributed by atoms with Gasteiger partial charge in [0.1, 0.15) is 11.3 Å². The van der Waals surface area contributed by atoms with Gasteiger partial charge in [-0.3, -0.25) is 9.59 Å². The van der Waals surface area contributed by atoms with Crippen molar-refractivity contribution in [3.05, 3.63) is 58.8 Å². The molecular formula is C21H22N2O4. The Balaban J connectivity index is 1.70. The molecule has 6 nitrogen and oxygen atoms in total. The Kier molecular flexibility index (Phi) is 5.16. The molecule has 2 N–H and O–H groups in total. The zero-order valence-electron chi connectivity index (χ0n) is 15.8. The van der Waals surface area contributed by atoms with Crippen LogP contribution in [0.5, 0.6) is 5.75 Å². The van der Waals surface area contributed by atoms with Gasteiger partial charge in [0.15, 0.2) is 5.76 Å². The van der Waals surface area contributed by atoms with E-state index in [1.165, 1.54) is 0 Å². The van der Waals surface area contributed by atoms with Gasteiger partial charge in [0.2, 0.25) is 5.91 Å². The minimum atomic E-state index is -0.431. The number of ether oxygens (including phenoxy) is 1. The summed E-state index contributed by atoms with van der Waals surface area (Å²) < 4.78 is 10.9. The van der Waals surface area contributed by atoms with Crippen LogP contribution in [0, 0.1) is 20.8 Å². The molecule has 3 aromatic rings. The molecule has 1 heterocycles. The molecule has 2 amide bonds. The molecule has 0 atom stereocenters. The van der Waals surface area contributed by atoms with Crippen molar-refractivity contribution in [1.82, 2.24) is 5.32 Å². The van der Waals surface area contributed by atoms with Gasteiger partial charge >= 0.3 is 0 Å². The normalized spacial score (nSPS) is 10.7. The van der Waals surface area contributed by atoms with Crippen molar-refractivity contribution in [2.24, 2.45) is 0 Å². The van der Waals surface area contributed by atoms with Crippen LogP contribution in [0.25, 0.3) is 11.0 Å². The van der Waals surface area contributed by atoms with Crippen LogP contribution in [0.3, 0.4) is 0 Å². The maximum Gasteiger partial charge on any atom is 0.287 e. The minimum Gasteiger partial charge on any atom is -0.497 e. The molecule has 0 spiro atoms. The molecule has 1 aromatic heterocycles. The Morgan fingerprint density at radius 3 is 2.44 bits per heavy atom. The number of carbonyl (C=O) groups excluding carboxylic acids is 2. The second kappa shape index (κ2) is 7.53. The summed E-state index contributed by atoms with van der Waals surface area (Å²) in [6.45, 7) is 5.50. The number of amides is 2. The summed E-state index contributed by atoms with van der Waals surface area (Å²) in [7, 11) is 1.58. The average molecular weight is 366 g/mol. The highest BCUT2D eigenvalue weighted by atomic mass is 16.5. The van der Waals surface area contributed by atoms with Crippen molar-refractivity contribution in [3.8, 4) is 5.75 Å². The zero-order chi connectivity index (χ0) is 19.6. The summed E-state index contributed by atoms with van der Waals surface area (Å²) in [6.07, 6.45) is 0. The summed E-state index contributed by atoms with van der Waals surface area (Å²) in [4.78, 5) is 24.7. The Hall–Kier alpha value is -3.28. The predicted molar refractivity (Wildman–Crippen MR) is 104 cm³/mol. The molecule has 140 valence electrons. The van der Waals surface area contributed by atoms with Gasteiger partial charge in [0, 0.05) is 16.6 Å². The molecule has 0 aliphatic carbocycles. The van der Waals surface area contributed by atoms with Gasteiger partial charge in [-0.05, 0) is 50.1 Å². The second-order valence-corrected chi connectivity index (χ2v) is 6.42. The number of hydrogen-bond donors (Lipinski definition) is 2. The van der Waals surface area contributed by atoms with Crippen LogP contribution in [-0.4, -0.2) is 25.5 Å². The molecule has 0 aliphatic heterocycles. The summed E-state index contributed by atoms with van der Waals surface area (Å²) in [5, 5.41) is 6.26. The van der Waals surface area contributed by atoms with E-state index in [0.29, 0.717) is 16.9 Å². The largest absolute Gasteiger partial charge is 0.497 e. The lowest BCUT2D eigenvalue weighted by atomic mass is 10.1. The molecule has 0 saturated carbocycles. The number of benzene rings is 2. The number of rotatable bonds is 5. The molecule has 0 bridgehead atoms. The molecule has 0 aliphatic rings. The fraction of sp³-hybridized carbons (Fsp3) is 0.238. The van der Waals surface area contributed by atoms with Crippen molar-refractivity contribution in [2.45, 2.75) is 20.8 Å². The van der Waals surface area contributed by atoms with Gasteiger partial charge in [-0.25, -0.2) is 0 Å². The third-order valence-electron chi connectivity index (χ3n) is 4.50. The van der Waals surface area contributed by atoms with E-state index in [1.54, 1.807) is 26.2 Å². The first-order valence-electron chi connectivity index (χ1n) is 8.62. The quantitative estimate of drug-likeness (QED) is 0.721. The van der Waals surface area contributed by atoms with Crippen molar-refractivity contribution in [1.29, 1.82) is 0 Å². The fourth-order valence-corrected chi connectivity index (χ4v) is 2.98. The van der Waals surface area contributed by atoms with Gasteiger partial charge in [0.25, 0.3) is 5.91 Å². The first-order valence-corrected chi connectivity index (χ1v) is 8.62. The highest BCUT2D eigenvalue weighted by Crippen LogP contribution is 2.28. The van der Waals surface area contributed by atoms with Crippen LogP contribution in [0.2, 0.25) is 0 Å². The number of hydrogen-bond acceptors (Lipinski definition) is 4. The highest BCUT2D eigenvalue weighted by molar-refractivity contribution is 6.02. The fourth-order valence-electron chi connectivity index (χ4n) is 2.98. The van der Waals surface area contributed by atoms with E-state index < -0.39 is 5.91 Å². The average Bonchev–Trinajstić information content (AvgIpc) is 2.99. The first-order chi connectivity index (χ1) is 12.9. The number of fused-ring (bicyclic) bond motifs is 1. The number of nitrogens with one attached hydrogen (secondary N) is 2. The van der Waals surface area contributed by atoms with Crippen LogP contribution in [0.15, 0.2) is 40.8 Å². The SMILES string of the molecule is COc1ccc2oc(C(=O)NCC(=O)Nc3c(C)cccc3C)c(C)c2c1. The maximum absolute atomic E-state index is 12.5. The van der Waals surface area contributed by atoms with Crippen LogP contribution >= 0.6 is 0 Å². The molecule has 6 heteroatoms. The topological polar surface area (TPSA) is 80.6 Å². The number of aryl methyl sites for hydroxylation is 3. The van der Waals surface area contributed by atoms with Crippen LogP contribution in [0.1, 0.15) is 27.2 Å². The number of furan rings is 1. The maximum atomic E-state index is 12.5. The summed E-state index contributed by atoms with van der Waals surface area (Å²) >= 11 is 0. The Labute approximate surface area is 157 Å². The second-order valence-electron chi connectivity index (χ2n) is 6.42. The van der Waals surface area contributed by atoms with Crippen LogP contribution in [0.4, 0.5) is 5.69 Å². The van der Waals surface area contributed by atoms with Crippen LogP contribution in [-0.2, 0) is 4.79 Å². The minimum absolute atomic E-state index is 0.146. The molecule has 0 fully saturated rings. The van der Waals surface area contributed by atoms with E-state index in [0.717, 1.165) is 22.2 Å².